The van der Waals surface area contributed by atoms with Crippen molar-refractivity contribution in [2.24, 2.45) is 11.7 Å². The Morgan fingerprint density at radius 2 is 2.00 bits per heavy atom. The van der Waals surface area contributed by atoms with Crippen molar-refractivity contribution in [3.05, 3.63) is 0 Å². The van der Waals surface area contributed by atoms with Gasteiger partial charge < -0.3 is 10.5 Å². The molecule has 0 fully saturated rings. The molecule has 2 N–H and O–H groups in total. The molecule has 0 aliphatic heterocycles. The number of hydrogen-bond acceptors (Lipinski definition) is 2. The van der Waals surface area contributed by atoms with E-state index in [1.165, 1.54) is 0 Å². The van der Waals surface area contributed by atoms with Gasteiger partial charge in [0.15, 0.2) is 0 Å². The predicted octanol–water partition coefficient (Wildman–Crippen LogP) is 0.923. The highest BCUT2D eigenvalue weighted by Gasteiger charge is 2.06. The summed E-state index contributed by atoms with van der Waals surface area (Å²) in [5.74, 6) is 0.201. The highest BCUT2D eigenvalue weighted by molar-refractivity contribution is 5.74. The molecule has 1 unspecified atom stereocenters. The molecule has 0 aromatic rings. The zero-order chi connectivity index (χ0) is 8.85. The lowest BCUT2D eigenvalue weighted by Gasteiger charge is -2.12. The standard InChI is InChI=1S/C8H17NO2/c1-6(2)5-11-7(3)4-8(9)10/h6-7H,4-5H2,1-3H3,(H2,9,10). The lowest BCUT2D eigenvalue weighted by atomic mass is 10.2. The van der Waals surface area contributed by atoms with E-state index in [0.717, 1.165) is 0 Å². The second kappa shape index (κ2) is 5.13. The summed E-state index contributed by atoms with van der Waals surface area (Å²) < 4.78 is 5.31. The van der Waals surface area contributed by atoms with Crippen molar-refractivity contribution in [1.29, 1.82) is 0 Å². The molecule has 0 radical (unpaired) electrons. The smallest absolute Gasteiger partial charge is 0.220 e. The van der Waals surface area contributed by atoms with Crippen LogP contribution in [0.5, 0.6) is 0 Å². The largest absolute Gasteiger partial charge is 0.378 e. The van der Waals surface area contributed by atoms with Crippen molar-refractivity contribution in [3.8, 4) is 0 Å². The highest BCUT2D eigenvalue weighted by Crippen LogP contribution is 2.00. The van der Waals surface area contributed by atoms with Crippen LogP contribution in [0.3, 0.4) is 0 Å². The van der Waals surface area contributed by atoms with E-state index in [0.29, 0.717) is 18.9 Å². The van der Waals surface area contributed by atoms with Crippen LogP contribution >= 0.6 is 0 Å². The van der Waals surface area contributed by atoms with Gasteiger partial charge in [0.2, 0.25) is 5.91 Å². The Labute approximate surface area is 67.9 Å². The molecule has 0 bridgehead atoms. The van der Waals surface area contributed by atoms with Gasteiger partial charge in [-0.15, -0.1) is 0 Å². The normalized spacial score (nSPS) is 13.5. The first kappa shape index (κ1) is 10.4. The average molecular weight is 159 g/mol. The maximum atomic E-state index is 10.4. The fourth-order valence-electron chi connectivity index (χ4n) is 0.699. The number of ether oxygens (including phenoxy) is 1. The molecule has 0 saturated heterocycles. The third-order valence-corrected chi connectivity index (χ3v) is 1.20. The lowest BCUT2D eigenvalue weighted by Crippen LogP contribution is -2.21. The topological polar surface area (TPSA) is 52.3 Å². The fraction of sp³-hybridized carbons (Fsp3) is 0.875. The Kier molecular flexibility index (Phi) is 4.86. The molecule has 0 rings (SSSR count). The summed E-state index contributed by atoms with van der Waals surface area (Å²) in [6.45, 7) is 6.68. The van der Waals surface area contributed by atoms with Gasteiger partial charge in [-0.25, -0.2) is 0 Å². The summed E-state index contributed by atoms with van der Waals surface area (Å²) in [6.07, 6.45) is 0.266. The first-order chi connectivity index (χ1) is 5.02. The summed E-state index contributed by atoms with van der Waals surface area (Å²) in [5, 5.41) is 0. The summed E-state index contributed by atoms with van der Waals surface area (Å²) in [6, 6.07) is 0. The second-order valence-electron chi connectivity index (χ2n) is 3.21. The summed E-state index contributed by atoms with van der Waals surface area (Å²) in [7, 11) is 0. The number of amides is 1. The lowest BCUT2D eigenvalue weighted by molar-refractivity contribution is -0.120. The molecule has 3 nitrogen and oxygen atoms in total. The minimum Gasteiger partial charge on any atom is -0.378 e. The van der Waals surface area contributed by atoms with Crippen molar-refractivity contribution >= 4 is 5.91 Å². The molecule has 0 aliphatic carbocycles. The molecular weight excluding hydrogens is 142 g/mol. The molecule has 0 aromatic heterocycles. The SMILES string of the molecule is CC(C)COC(C)CC(N)=O. The Balaban J connectivity index is 3.37. The number of carbonyl (C=O) groups excluding carboxylic acids is 1. The third-order valence-electron chi connectivity index (χ3n) is 1.20. The van der Waals surface area contributed by atoms with Gasteiger partial charge in [-0.3, -0.25) is 4.79 Å². The van der Waals surface area contributed by atoms with E-state index in [1.54, 1.807) is 0 Å². The molecule has 0 spiro atoms. The Hall–Kier alpha value is -0.570. The van der Waals surface area contributed by atoms with E-state index in [-0.39, 0.29) is 12.0 Å². The quantitative estimate of drug-likeness (QED) is 0.648. The maximum Gasteiger partial charge on any atom is 0.220 e. The van der Waals surface area contributed by atoms with Crippen molar-refractivity contribution in [2.45, 2.75) is 33.3 Å². The number of primary amides is 1. The number of nitrogens with two attached hydrogens (primary N) is 1. The Morgan fingerprint density at radius 1 is 1.45 bits per heavy atom. The van der Waals surface area contributed by atoms with E-state index < -0.39 is 0 Å². The molecule has 0 aliphatic rings. The highest BCUT2D eigenvalue weighted by atomic mass is 16.5. The van der Waals surface area contributed by atoms with Crippen LogP contribution in [0.4, 0.5) is 0 Å². The number of rotatable bonds is 5. The van der Waals surface area contributed by atoms with Gasteiger partial charge in [-0.05, 0) is 12.8 Å². The van der Waals surface area contributed by atoms with Gasteiger partial charge in [0.05, 0.1) is 12.5 Å². The van der Waals surface area contributed by atoms with Crippen LogP contribution in [0, 0.1) is 5.92 Å². The Morgan fingerprint density at radius 3 is 2.36 bits per heavy atom. The maximum absolute atomic E-state index is 10.4. The van der Waals surface area contributed by atoms with Crippen molar-refractivity contribution in [3.63, 3.8) is 0 Å². The van der Waals surface area contributed by atoms with Gasteiger partial charge in [0, 0.05) is 6.61 Å². The Bertz CT molecular complexity index is 123. The predicted molar refractivity (Wildman–Crippen MR) is 44.1 cm³/mol. The molecule has 1 atom stereocenters. The van der Waals surface area contributed by atoms with E-state index in [9.17, 15) is 4.79 Å². The van der Waals surface area contributed by atoms with Gasteiger partial charge in [0.1, 0.15) is 0 Å². The summed E-state index contributed by atoms with van der Waals surface area (Å²) >= 11 is 0. The molecule has 0 aromatic carbocycles. The van der Waals surface area contributed by atoms with Crippen LogP contribution in [0.2, 0.25) is 0 Å². The molecule has 0 heterocycles. The molecule has 66 valence electrons. The fourth-order valence-corrected chi connectivity index (χ4v) is 0.699. The van der Waals surface area contributed by atoms with E-state index in [1.807, 2.05) is 6.92 Å². The van der Waals surface area contributed by atoms with Crippen LogP contribution in [0.15, 0.2) is 0 Å². The van der Waals surface area contributed by atoms with Crippen molar-refractivity contribution in [2.75, 3.05) is 6.61 Å². The van der Waals surface area contributed by atoms with Crippen LogP contribution in [-0.4, -0.2) is 18.6 Å². The van der Waals surface area contributed by atoms with E-state index >= 15 is 0 Å². The van der Waals surface area contributed by atoms with Crippen molar-refractivity contribution < 1.29 is 9.53 Å². The third kappa shape index (κ3) is 7.33. The minimum absolute atomic E-state index is 0.0464. The number of carbonyl (C=O) groups is 1. The molecule has 1 amide bonds. The van der Waals surface area contributed by atoms with E-state index in [4.69, 9.17) is 10.5 Å². The van der Waals surface area contributed by atoms with Gasteiger partial charge >= 0.3 is 0 Å². The molecule has 3 heteroatoms. The van der Waals surface area contributed by atoms with Crippen LogP contribution in [0.25, 0.3) is 0 Å². The summed E-state index contributed by atoms with van der Waals surface area (Å²) in [5.41, 5.74) is 4.98. The first-order valence-corrected chi connectivity index (χ1v) is 3.92. The first-order valence-electron chi connectivity index (χ1n) is 3.92. The summed E-state index contributed by atoms with van der Waals surface area (Å²) in [4.78, 5) is 10.4. The van der Waals surface area contributed by atoms with Gasteiger partial charge in [0.25, 0.3) is 0 Å². The molecule has 0 saturated carbocycles. The van der Waals surface area contributed by atoms with Gasteiger partial charge in [-0.2, -0.15) is 0 Å². The van der Waals surface area contributed by atoms with E-state index in [2.05, 4.69) is 13.8 Å². The average Bonchev–Trinajstić information content (AvgIpc) is 1.82. The van der Waals surface area contributed by atoms with Crippen LogP contribution in [0.1, 0.15) is 27.2 Å². The monoisotopic (exact) mass is 159 g/mol. The zero-order valence-corrected chi connectivity index (χ0v) is 7.46. The minimum atomic E-state index is -0.304. The van der Waals surface area contributed by atoms with Crippen LogP contribution < -0.4 is 5.73 Å². The number of hydrogen-bond donors (Lipinski definition) is 1. The molecule has 11 heavy (non-hydrogen) atoms. The van der Waals surface area contributed by atoms with Crippen LogP contribution in [-0.2, 0) is 9.53 Å². The van der Waals surface area contributed by atoms with Crippen molar-refractivity contribution in [1.82, 2.24) is 0 Å². The zero-order valence-electron chi connectivity index (χ0n) is 7.46. The van der Waals surface area contributed by atoms with Gasteiger partial charge in [-0.1, -0.05) is 13.8 Å². The molecular formula is C8H17NO2. The second-order valence-corrected chi connectivity index (χ2v) is 3.21.